The van der Waals surface area contributed by atoms with Crippen LogP contribution in [0.1, 0.15) is 6.92 Å². The number of aliphatic hydroxyl groups is 1. The average Bonchev–Trinajstić information content (AvgIpc) is 2.25. The van der Waals surface area contributed by atoms with Crippen LogP contribution in [0.25, 0.3) is 10.9 Å². The van der Waals surface area contributed by atoms with Gasteiger partial charge in [-0.15, -0.1) is 0 Å². The van der Waals surface area contributed by atoms with Gasteiger partial charge in [-0.3, -0.25) is 9.36 Å². The summed E-state index contributed by atoms with van der Waals surface area (Å²) in [6, 6.07) is 5.37. The third-order valence-corrected chi connectivity index (χ3v) is 3.21. The Balaban J connectivity index is 2.78. The van der Waals surface area contributed by atoms with Crippen molar-refractivity contribution in [1.29, 1.82) is 0 Å². The van der Waals surface area contributed by atoms with Crippen molar-refractivity contribution in [2.24, 2.45) is 0 Å². The van der Waals surface area contributed by atoms with Crippen LogP contribution in [-0.4, -0.2) is 20.8 Å². The summed E-state index contributed by atoms with van der Waals surface area (Å²) in [7, 11) is 0. The Morgan fingerprint density at radius 2 is 2.29 bits per heavy atom. The number of nitrogens with one attached hydrogen (secondary N) is 1. The summed E-state index contributed by atoms with van der Waals surface area (Å²) in [5.74, 6) is 0. The highest BCUT2D eigenvalue weighted by Gasteiger charge is 2.07. The van der Waals surface area contributed by atoms with Crippen molar-refractivity contribution < 1.29 is 5.11 Å². The van der Waals surface area contributed by atoms with E-state index in [-0.39, 0.29) is 12.1 Å². The van der Waals surface area contributed by atoms with E-state index in [1.54, 1.807) is 19.1 Å². The molecule has 0 fully saturated rings. The highest BCUT2D eigenvalue weighted by molar-refractivity contribution is 9.10. The van der Waals surface area contributed by atoms with Gasteiger partial charge in [-0.2, -0.15) is 0 Å². The molecule has 4 nitrogen and oxygen atoms in total. The molecule has 2 aromatic rings. The van der Waals surface area contributed by atoms with Crippen LogP contribution in [0.4, 0.5) is 0 Å². The van der Waals surface area contributed by atoms with Gasteiger partial charge in [-0.05, 0) is 37.3 Å². The predicted molar refractivity (Wildman–Crippen MR) is 72.8 cm³/mol. The van der Waals surface area contributed by atoms with Gasteiger partial charge in [0.2, 0.25) is 0 Å². The fourth-order valence-corrected chi connectivity index (χ4v) is 2.28. The molecule has 90 valence electrons. The Morgan fingerprint density at radius 3 is 2.94 bits per heavy atom. The van der Waals surface area contributed by atoms with E-state index < -0.39 is 6.10 Å². The van der Waals surface area contributed by atoms with Gasteiger partial charge in [0.05, 0.1) is 23.6 Å². The van der Waals surface area contributed by atoms with Gasteiger partial charge in [0.1, 0.15) is 0 Å². The predicted octanol–water partition coefficient (Wildman–Crippen LogP) is 2.20. The first kappa shape index (κ1) is 12.5. The number of rotatable bonds is 2. The molecule has 2 N–H and O–H groups in total. The topological polar surface area (TPSA) is 58.0 Å². The standard InChI is InChI=1S/C11H11BrN2O2S/c1-6(15)5-14-10(16)8-4-7(12)2-3-9(8)13-11(14)17/h2-4,6,15H,5H2,1H3,(H,13,17). The van der Waals surface area contributed by atoms with Crippen molar-refractivity contribution in [3.05, 3.63) is 37.8 Å². The Labute approximate surface area is 111 Å². The molecule has 0 aliphatic rings. The smallest absolute Gasteiger partial charge is 0.262 e. The molecule has 0 amide bonds. The Kier molecular flexibility index (Phi) is 3.46. The Morgan fingerprint density at radius 1 is 1.59 bits per heavy atom. The molecule has 0 saturated carbocycles. The molecular weight excluding hydrogens is 304 g/mol. The lowest BCUT2D eigenvalue weighted by molar-refractivity contribution is 0.171. The molecule has 1 aromatic heterocycles. The third-order valence-electron chi connectivity index (χ3n) is 2.39. The van der Waals surface area contributed by atoms with E-state index >= 15 is 0 Å². The van der Waals surface area contributed by atoms with Crippen LogP contribution in [0.5, 0.6) is 0 Å². The van der Waals surface area contributed by atoms with E-state index in [4.69, 9.17) is 12.2 Å². The maximum Gasteiger partial charge on any atom is 0.262 e. The van der Waals surface area contributed by atoms with Gasteiger partial charge >= 0.3 is 0 Å². The highest BCUT2D eigenvalue weighted by Crippen LogP contribution is 2.15. The summed E-state index contributed by atoms with van der Waals surface area (Å²) in [5, 5.41) is 9.90. The number of benzene rings is 1. The minimum absolute atomic E-state index is 0.189. The van der Waals surface area contributed by atoms with Gasteiger partial charge in [-0.25, -0.2) is 0 Å². The molecule has 0 aliphatic heterocycles. The fraction of sp³-hybridized carbons (Fsp3) is 0.273. The van der Waals surface area contributed by atoms with E-state index in [2.05, 4.69) is 20.9 Å². The molecule has 1 unspecified atom stereocenters. The van der Waals surface area contributed by atoms with Crippen molar-refractivity contribution in [3.63, 3.8) is 0 Å². The zero-order valence-corrected chi connectivity index (χ0v) is 11.5. The summed E-state index contributed by atoms with van der Waals surface area (Å²) in [6.07, 6.45) is -0.618. The van der Waals surface area contributed by atoms with Crippen molar-refractivity contribution >= 4 is 39.1 Å². The van der Waals surface area contributed by atoms with Crippen LogP contribution in [-0.2, 0) is 6.54 Å². The minimum Gasteiger partial charge on any atom is -0.392 e. The second-order valence-corrected chi connectivity index (χ2v) is 5.19. The molecule has 6 heteroatoms. The lowest BCUT2D eigenvalue weighted by Gasteiger charge is -2.09. The number of hydrogen-bond acceptors (Lipinski definition) is 3. The van der Waals surface area contributed by atoms with Crippen LogP contribution in [0.15, 0.2) is 27.5 Å². The number of aliphatic hydroxyl groups excluding tert-OH is 1. The molecule has 0 bridgehead atoms. The molecule has 1 aromatic carbocycles. The first-order chi connectivity index (χ1) is 7.99. The average molecular weight is 315 g/mol. The van der Waals surface area contributed by atoms with Crippen molar-refractivity contribution in [3.8, 4) is 0 Å². The molecule has 0 radical (unpaired) electrons. The van der Waals surface area contributed by atoms with Crippen molar-refractivity contribution in [2.75, 3.05) is 0 Å². The molecule has 0 aliphatic carbocycles. The van der Waals surface area contributed by atoms with Gasteiger partial charge in [-0.1, -0.05) is 15.9 Å². The maximum absolute atomic E-state index is 12.2. The largest absolute Gasteiger partial charge is 0.392 e. The first-order valence-corrected chi connectivity index (χ1v) is 6.29. The zero-order chi connectivity index (χ0) is 12.6. The molecule has 1 atom stereocenters. The number of hydrogen-bond donors (Lipinski definition) is 2. The Bertz CT molecular complexity index is 675. The number of fused-ring (bicyclic) bond motifs is 1. The SMILES string of the molecule is CC(O)Cn1c(=S)[nH]c2ccc(Br)cc2c1=O. The normalized spacial score (nSPS) is 12.9. The van der Waals surface area contributed by atoms with E-state index in [0.717, 1.165) is 4.47 Å². The third kappa shape index (κ3) is 2.48. The lowest BCUT2D eigenvalue weighted by atomic mass is 10.2. The molecule has 0 saturated heterocycles. The van der Waals surface area contributed by atoms with Crippen LogP contribution < -0.4 is 5.56 Å². The number of aromatic nitrogens is 2. The lowest BCUT2D eigenvalue weighted by Crippen LogP contribution is -2.26. The summed E-state index contributed by atoms with van der Waals surface area (Å²) in [6.45, 7) is 1.81. The van der Waals surface area contributed by atoms with Gasteiger partial charge < -0.3 is 10.1 Å². The van der Waals surface area contributed by atoms with Gasteiger partial charge in [0.15, 0.2) is 4.77 Å². The maximum atomic E-state index is 12.2. The number of nitrogens with zero attached hydrogens (tertiary/aromatic N) is 1. The second-order valence-electron chi connectivity index (χ2n) is 3.88. The molecule has 2 rings (SSSR count). The van der Waals surface area contributed by atoms with Gasteiger partial charge in [0.25, 0.3) is 5.56 Å². The monoisotopic (exact) mass is 314 g/mol. The van der Waals surface area contributed by atoms with E-state index in [0.29, 0.717) is 15.7 Å². The molecule has 17 heavy (non-hydrogen) atoms. The van der Waals surface area contributed by atoms with E-state index in [1.807, 2.05) is 6.07 Å². The van der Waals surface area contributed by atoms with Crippen LogP contribution in [0, 0.1) is 4.77 Å². The minimum atomic E-state index is -0.618. The van der Waals surface area contributed by atoms with E-state index in [9.17, 15) is 9.90 Å². The summed E-state index contributed by atoms with van der Waals surface area (Å²) >= 11 is 8.43. The van der Waals surface area contributed by atoms with Crippen LogP contribution in [0.3, 0.4) is 0 Å². The Hall–Kier alpha value is -0.980. The molecule has 1 heterocycles. The first-order valence-electron chi connectivity index (χ1n) is 5.09. The quantitative estimate of drug-likeness (QED) is 0.836. The number of halogens is 1. The van der Waals surface area contributed by atoms with Crippen LogP contribution >= 0.6 is 28.1 Å². The van der Waals surface area contributed by atoms with E-state index in [1.165, 1.54) is 4.57 Å². The summed E-state index contributed by atoms with van der Waals surface area (Å²) < 4.78 is 2.52. The highest BCUT2D eigenvalue weighted by atomic mass is 79.9. The second kappa shape index (κ2) is 4.72. The zero-order valence-electron chi connectivity index (χ0n) is 9.11. The fourth-order valence-electron chi connectivity index (χ4n) is 1.65. The van der Waals surface area contributed by atoms with Crippen molar-refractivity contribution in [1.82, 2.24) is 9.55 Å². The number of aromatic amines is 1. The molecular formula is C11H11BrN2O2S. The molecule has 0 spiro atoms. The van der Waals surface area contributed by atoms with Gasteiger partial charge in [0, 0.05) is 4.47 Å². The van der Waals surface area contributed by atoms with Crippen molar-refractivity contribution in [2.45, 2.75) is 19.6 Å². The van der Waals surface area contributed by atoms with Crippen LogP contribution in [0.2, 0.25) is 0 Å². The summed E-state index contributed by atoms with van der Waals surface area (Å²) in [5.41, 5.74) is 0.510. The number of H-pyrrole nitrogens is 1. The summed E-state index contributed by atoms with van der Waals surface area (Å²) in [4.78, 5) is 15.2.